The topological polar surface area (TPSA) is 90.9 Å². The van der Waals surface area contributed by atoms with Gasteiger partial charge in [-0.3, -0.25) is 19.4 Å². The van der Waals surface area contributed by atoms with E-state index in [0.717, 1.165) is 31.6 Å². The summed E-state index contributed by atoms with van der Waals surface area (Å²) in [6.07, 6.45) is 0.739. The Balaban J connectivity index is 1.76. The van der Waals surface area contributed by atoms with Gasteiger partial charge in [-0.05, 0) is 42.3 Å². The van der Waals surface area contributed by atoms with E-state index in [9.17, 15) is 13.2 Å². The van der Waals surface area contributed by atoms with Crippen molar-refractivity contribution < 1.29 is 13.2 Å². The lowest BCUT2D eigenvalue weighted by Gasteiger charge is -2.20. The van der Waals surface area contributed by atoms with Crippen molar-refractivity contribution in [2.45, 2.75) is 58.1 Å². The third-order valence-electron chi connectivity index (χ3n) is 6.14. The van der Waals surface area contributed by atoms with E-state index in [2.05, 4.69) is 45.9 Å². The number of carbonyl (C=O) groups excluding carboxylic acids is 1. The van der Waals surface area contributed by atoms with Gasteiger partial charge in [0.05, 0.1) is 4.90 Å². The molecule has 7 nitrogen and oxygen atoms in total. The highest BCUT2D eigenvalue weighted by Gasteiger charge is 2.33. The first kappa shape index (κ1) is 24.9. The highest BCUT2D eigenvalue weighted by molar-refractivity contribution is 7.90. The number of hydrogen-bond donors (Lipinski definition) is 2. The van der Waals surface area contributed by atoms with Crippen LogP contribution in [0.3, 0.4) is 0 Å². The molecule has 2 N–H and O–H groups in total. The van der Waals surface area contributed by atoms with Crippen molar-refractivity contribution in [2.24, 2.45) is 10.9 Å². The van der Waals surface area contributed by atoms with Crippen molar-refractivity contribution in [1.82, 2.24) is 14.9 Å². The average Bonchev–Trinajstić information content (AvgIpc) is 3.09. The van der Waals surface area contributed by atoms with Gasteiger partial charge < -0.3 is 5.32 Å². The van der Waals surface area contributed by atoms with Gasteiger partial charge in [-0.1, -0.05) is 70.5 Å². The Labute approximate surface area is 197 Å². The number of benzene rings is 2. The number of amidine groups is 1. The fourth-order valence-electron chi connectivity index (χ4n) is 3.87. The predicted octanol–water partition coefficient (Wildman–Crippen LogP) is 3.30. The zero-order valence-corrected chi connectivity index (χ0v) is 20.7. The van der Waals surface area contributed by atoms with Crippen molar-refractivity contribution in [3.8, 4) is 0 Å². The molecule has 0 bridgehead atoms. The minimum Gasteiger partial charge on any atom is -0.350 e. The summed E-state index contributed by atoms with van der Waals surface area (Å²) in [5.74, 6) is -0.0365. The molecule has 0 aliphatic carbocycles. The number of nitrogens with zero attached hydrogens (tertiary/aromatic N) is 2. The van der Waals surface area contributed by atoms with E-state index in [1.165, 1.54) is 5.56 Å². The maximum absolute atomic E-state index is 13.1. The fraction of sp³-hybridized carbons (Fsp3) is 0.440. The SMILES string of the molecule is CC[C@H](C)[C@H](N=C1NS(=O)(=O)c2ccccc21)C(=O)NCc1cccc(CN(CC)CC)c1. The first-order chi connectivity index (χ1) is 15.8. The molecule has 2 aromatic rings. The zero-order chi connectivity index (χ0) is 24.0. The number of hydrogen-bond acceptors (Lipinski definition) is 5. The molecule has 33 heavy (non-hydrogen) atoms. The van der Waals surface area contributed by atoms with Crippen LogP contribution in [0.25, 0.3) is 0 Å². The van der Waals surface area contributed by atoms with E-state index in [-0.39, 0.29) is 22.6 Å². The molecule has 3 rings (SSSR count). The molecule has 0 saturated heterocycles. The van der Waals surface area contributed by atoms with Crippen molar-refractivity contribution >= 4 is 21.8 Å². The van der Waals surface area contributed by atoms with Gasteiger partial charge >= 0.3 is 0 Å². The lowest BCUT2D eigenvalue weighted by molar-refractivity contribution is -0.123. The fourth-order valence-corrected chi connectivity index (χ4v) is 5.11. The van der Waals surface area contributed by atoms with Crippen LogP contribution in [-0.4, -0.2) is 44.2 Å². The minimum atomic E-state index is -3.65. The highest BCUT2D eigenvalue weighted by Crippen LogP contribution is 2.24. The van der Waals surface area contributed by atoms with E-state index in [4.69, 9.17) is 0 Å². The molecular formula is C25H34N4O3S. The Morgan fingerprint density at radius 3 is 2.45 bits per heavy atom. The van der Waals surface area contributed by atoms with E-state index >= 15 is 0 Å². The zero-order valence-electron chi connectivity index (χ0n) is 19.8. The first-order valence-electron chi connectivity index (χ1n) is 11.6. The van der Waals surface area contributed by atoms with Gasteiger partial charge in [-0.25, -0.2) is 8.42 Å². The monoisotopic (exact) mass is 470 g/mol. The van der Waals surface area contributed by atoms with Crippen LogP contribution in [0.4, 0.5) is 0 Å². The summed E-state index contributed by atoms with van der Waals surface area (Å²) in [5.41, 5.74) is 2.74. The number of sulfonamides is 1. The van der Waals surface area contributed by atoms with Crippen molar-refractivity contribution in [2.75, 3.05) is 13.1 Å². The van der Waals surface area contributed by atoms with Crippen LogP contribution in [0.2, 0.25) is 0 Å². The van der Waals surface area contributed by atoms with E-state index in [1.54, 1.807) is 24.3 Å². The quantitative estimate of drug-likeness (QED) is 0.557. The van der Waals surface area contributed by atoms with Gasteiger partial charge in [-0.2, -0.15) is 0 Å². The van der Waals surface area contributed by atoms with E-state index < -0.39 is 16.1 Å². The lowest BCUT2D eigenvalue weighted by atomic mass is 9.98. The number of rotatable bonds is 10. The maximum Gasteiger partial charge on any atom is 0.263 e. The van der Waals surface area contributed by atoms with Crippen LogP contribution < -0.4 is 10.0 Å². The summed E-state index contributed by atoms with van der Waals surface area (Å²) in [4.78, 5) is 20.2. The Kier molecular flexibility index (Phi) is 8.26. The maximum atomic E-state index is 13.1. The Bertz CT molecular complexity index is 1110. The smallest absolute Gasteiger partial charge is 0.263 e. The Hall–Kier alpha value is -2.71. The molecule has 0 unspecified atom stereocenters. The largest absolute Gasteiger partial charge is 0.350 e. The second-order valence-corrected chi connectivity index (χ2v) is 10.1. The van der Waals surface area contributed by atoms with Gasteiger partial charge in [0.2, 0.25) is 5.91 Å². The van der Waals surface area contributed by atoms with Gasteiger partial charge in [0.15, 0.2) is 0 Å². The van der Waals surface area contributed by atoms with Gasteiger partial charge in [-0.15, -0.1) is 0 Å². The molecule has 1 aliphatic heterocycles. The van der Waals surface area contributed by atoms with Crippen molar-refractivity contribution in [3.05, 3.63) is 65.2 Å². The second kappa shape index (κ2) is 10.9. The normalized spacial score (nSPS) is 17.4. The average molecular weight is 471 g/mol. The summed E-state index contributed by atoms with van der Waals surface area (Å²) in [5, 5.41) is 3.00. The molecular weight excluding hydrogens is 436 g/mol. The molecule has 1 amide bonds. The second-order valence-electron chi connectivity index (χ2n) is 8.41. The third-order valence-corrected chi connectivity index (χ3v) is 7.54. The number of carbonyl (C=O) groups is 1. The summed E-state index contributed by atoms with van der Waals surface area (Å²) in [7, 11) is -3.65. The molecule has 0 saturated carbocycles. The molecule has 0 radical (unpaired) electrons. The minimum absolute atomic E-state index is 0.0521. The predicted molar refractivity (Wildman–Crippen MR) is 131 cm³/mol. The van der Waals surface area contributed by atoms with Crippen LogP contribution in [0.5, 0.6) is 0 Å². The summed E-state index contributed by atoms with van der Waals surface area (Å²) < 4.78 is 27.3. The Morgan fingerprint density at radius 2 is 1.76 bits per heavy atom. The van der Waals surface area contributed by atoms with Crippen LogP contribution in [-0.2, 0) is 27.9 Å². The summed E-state index contributed by atoms with van der Waals surface area (Å²) >= 11 is 0. The van der Waals surface area contributed by atoms with Crippen LogP contribution in [0.15, 0.2) is 58.4 Å². The van der Waals surface area contributed by atoms with Crippen molar-refractivity contribution in [1.29, 1.82) is 0 Å². The van der Waals surface area contributed by atoms with Crippen LogP contribution in [0, 0.1) is 5.92 Å². The molecule has 0 spiro atoms. The van der Waals surface area contributed by atoms with Crippen LogP contribution >= 0.6 is 0 Å². The molecule has 8 heteroatoms. The molecule has 0 aromatic heterocycles. The van der Waals surface area contributed by atoms with E-state index in [1.807, 2.05) is 26.0 Å². The number of fused-ring (bicyclic) bond motifs is 1. The molecule has 0 fully saturated rings. The number of aliphatic imine (C=N–C) groups is 1. The summed E-state index contributed by atoms with van der Waals surface area (Å²) in [6.45, 7) is 11.5. The first-order valence-corrected chi connectivity index (χ1v) is 13.0. The van der Waals surface area contributed by atoms with Gasteiger partial charge in [0.1, 0.15) is 11.9 Å². The van der Waals surface area contributed by atoms with Gasteiger partial charge in [0, 0.05) is 18.7 Å². The summed E-state index contributed by atoms with van der Waals surface area (Å²) in [6, 6.07) is 14.2. The molecule has 1 heterocycles. The molecule has 178 valence electrons. The molecule has 2 aromatic carbocycles. The van der Waals surface area contributed by atoms with Crippen molar-refractivity contribution in [3.63, 3.8) is 0 Å². The lowest BCUT2D eigenvalue weighted by Crippen LogP contribution is -2.39. The van der Waals surface area contributed by atoms with Crippen LogP contribution in [0.1, 0.15) is 50.8 Å². The number of nitrogens with one attached hydrogen (secondary N) is 2. The van der Waals surface area contributed by atoms with Gasteiger partial charge in [0.25, 0.3) is 10.0 Å². The van der Waals surface area contributed by atoms with E-state index in [0.29, 0.717) is 12.1 Å². The number of amides is 1. The third kappa shape index (κ3) is 6.00. The molecule has 2 atom stereocenters. The molecule has 1 aliphatic rings. The highest BCUT2D eigenvalue weighted by atomic mass is 32.2. The standard InChI is InChI=1S/C25H34N4O3S/c1-5-18(4)23(27-24-21-13-8-9-14-22(21)33(31,32)28-24)25(30)26-16-19-11-10-12-20(15-19)17-29(6-2)7-3/h8-15,18,23H,5-7,16-17H2,1-4H3,(H,26,30)(H,27,28)/t18-,23-/m0/s1. The Morgan fingerprint density at radius 1 is 1.06 bits per heavy atom.